The number of anilines is 1. The quantitative estimate of drug-likeness (QED) is 0.692. The van der Waals surface area contributed by atoms with Gasteiger partial charge in [-0.1, -0.05) is 12.1 Å². The Labute approximate surface area is 150 Å². The SMILES string of the molecule is O=C(NCCCn1cnc2ccccc21)Nc1ccc2c(c1)OCCO2. The minimum absolute atomic E-state index is 0.239. The Hall–Kier alpha value is -3.22. The first-order valence-electron chi connectivity index (χ1n) is 8.64. The lowest BCUT2D eigenvalue weighted by Crippen LogP contribution is -2.30. The van der Waals surface area contributed by atoms with Crippen LogP contribution in [0.5, 0.6) is 11.5 Å². The highest BCUT2D eigenvalue weighted by atomic mass is 16.6. The molecule has 1 aliphatic rings. The zero-order valence-corrected chi connectivity index (χ0v) is 14.3. The molecule has 2 heterocycles. The van der Waals surface area contributed by atoms with E-state index in [0.29, 0.717) is 36.9 Å². The van der Waals surface area contributed by atoms with E-state index in [-0.39, 0.29) is 6.03 Å². The van der Waals surface area contributed by atoms with Crippen molar-refractivity contribution in [2.75, 3.05) is 25.1 Å². The summed E-state index contributed by atoms with van der Waals surface area (Å²) in [5, 5.41) is 5.68. The number of hydrogen-bond donors (Lipinski definition) is 2. The first-order chi connectivity index (χ1) is 12.8. The number of carbonyl (C=O) groups excluding carboxylic acids is 1. The highest BCUT2D eigenvalue weighted by Gasteiger charge is 2.12. The molecule has 0 spiro atoms. The zero-order valence-electron chi connectivity index (χ0n) is 14.3. The molecule has 2 N–H and O–H groups in total. The zero-order chi connectivity index (χ0) is 17.8. The molecule has 3 aromatic rings. The predicted octanol–water partition coefficient (Wildman–Crippen LogP) is 3.02. The number of amides is 2. The number of benzene rings is 2. The molecule has 0 saturated heterocycles. The number of aromatic nitrogens is 2. The monoisotopic (exact) mass is 352 g/mol. The van der Waals surface area contributed by atoms with Crippen LogP contribution in [0.1, 0.15) is 6.42 Å². The molecule has 0 atom stereocenters. The molecule has 26 heavy (non-hydrogen) atoms. The number of aryl methyl sites for hydroxylation is 1. The summed E-state index contributed by atoms with van der Waals surface area (Å²) in [6.45, 7) is 2.44. The number of para-hydroxylation sites is 2. The molecular weight excluding hydrogens is 332 g/mol. The van der Waals surface area contributed by atoms with Crippen LogP contribution < -0.4 is 20.1 Å². The average Bonchev–Trinajstić information content (AvgIpc) is 3.08. The molecule has 0 saturated carbocycles. The van der Waals surface area contributed by atoms with Crippen LogP contribution >= 0.6 is 0 Å². The minimum Gasteiger partial charge on any atom is -0.486 e. The second kappa shape index (κ2) is 7.35. The summed E-state index contributed by atoms with van der Waals surface area (Å²) in [5.74, 6) is 1.36. The Bertz CT molecular complexity index is 922. The number of fused-ring (bicyclic) bond motifs is 2. The molecule has 2 aromatic carbocycles. The van der Waals surface area contributed by atoms with E-state index in [1.165, 1.54) is 0 Å². The Morgan fingerprint density at radius 3 is 2.88 bits per heavy atom. The molecule has 0 radical (unpaired) electrons. The van der Waals surface area contributed by atoms with Gasteiger partial charge in [-0.2, -0.15) is 0 Å². The van der Waals surface area contributed by atoms with Crippen LogP contribution in [0.15, 0.2) is 48.8 Å². The van der Waals surface area contributed by atoms with Gasteiger partial charge in [0.25, 0.3) is 0 Å². The van der Waals surface area contributed by atoms with Gasteiger partial charge in [0.05, 0.1) is 17.4 Å². The molecule has 0 bridgehead atoms. The molecule has 0 aliphatic carbocycles. The van der Waals surface area contributed by atoms with E-state index in [2.05, 4.69) is 20.2 Å². The van der Waals surface area contributed by atoms with Crippen molar-refractivity contribution in [3.05, 3.63) is 48.8 Å². The van der Waals surface area contributed by atoms with E-state index in [9.17, 15) is 4.79 Å². The van der Waals surface area contributed by atoms with Crippen LogP contribution in [0, 0.1) is 0 Å². The van der Waals surface area contributed by atoms with Crippen molar-refractivity contribution < 1.29 is 14.3 Å². The molecule has 1 aromatic heterocycles. The van der Waals surface area contributed by atoms with E-state index in [0.717, 1.165) is 24.0 Å². The standard InChI is InChI=1S/C19H20N4O3/c24-19(22-14-6-7-17-18(12-14)26-11-10-25-17)20-8-3-9-23-13-21-15-4-1-2-5-16(15)23/h1-2,4-7,12-13H,3,8-11H2,(H2,20,22,24). The van der Waals surface area contributed by atoms with Gasteiger partial charge in [-0.05, 0) is 30.7 Å². The maximum atomic E-state index is 12.0. The molecule has 134 valence electrons. The van der Waals surface area contributed by atoms with E-state index >= 15 is 0 Å². The van der Waals surface area contributed by atoms with Crippen molar-refractivity contribution in [3.63, 3.8) is 0 Å². The van der Waals surface area contributed by atoms with Crippen molar-refractivity contribution in [2.45, 2.75) is 13.0 Å². The third kappa shape index (κ3) is 3.56. The highest BCUT2D eigenvalue weighted by molar-refractivity contribution is 5.89. The number of imidazole rings is 1. The van der Waals surface area contributed by atoms with Crippen LogP contribution in [0.25, 0.3) is 11.0 Å². The van der Waals surface area contributed by atoms with Gasteiger partial charge in [0.1, 0.15) is 13.2 Å². The number of carbonyl (C=O) groups is 1. The smallest absolute Gasteiger partial charge is 0.319 e. The Morgan fingerprint density at radius 2 is 1.96 bits per heavy atom. The maximum Gasteiger partial charge on any atom is 0.319 e. The van der Waals surface area contributed by atoms with E-state index in [4.69, 9.17) is 9.47 Å². The fraction of sp³-hybridized carbons (Fsp3) is 0.263. The lowest BCUT2D eigenvalue weighted by molar-refractivity contribution is 0.171. The van der Waals surface area contributed by atoms with Crippen LogP contribution in [-0.4, -0.2) is 35.3 Å². The van der Waals surface area contributed by atoms with Crippen molar-refractivity contribution in [1.82, 2.24) is 14.9 Å². The molecule has 0 unspecified atom stereocenters. The van der Waals surface area contributed by atoms with Crippen LogP contribution in [-0.2, 0) is 6.54 Å². The number of hydrogen-bond acceptors (Lipinski definition) is 4. The maximum absolute atomic E-state index is 12.0. The van der Waals surface area contributed by atoms with E-state index in [1.54, 1.807) is 18.2 Å². The van der Waals surface area contributed by atoms with Crippen molar-refractivity contribution in [1.29, 1.82) is 0 Å². The fourth-order valence-electron chi connectivity index (χ4n) is 2.94. The van der Waals surface area contributed by atoms with Crippen molar-refractivity contribution in [3.8, 4) is 11.5 Å². The predicted molar refractivity (Wildman–Crippen MR) is 98.8 cm³/mol. The normalized spacial score (nSPS) is 12.8. The third-order valence-corrected chi connectivity index (χ3v) is 4.19. The third-order valence-electron chi connectivity index (χ3n) is 4.19. The summed E-state index contributed by atoms with van der Waals surface area (Å²) in [7, 11) is 0. The summed E-state index contributed by atoms with van der Waals surface area (Å²) in [6.07, 6.45) is 2.65. The summed E-state index contributed by atoms with van der Waals surface area (Å²) < 4.78 is 13.1. The fourth-order valence-corrected chi connectivity index (χ4v) is 2.94. The summed E-state index contributed by atoms with van der Waals surface area (Å²) >= 11 is 0. The second-order valence-corrected chi connectivity index (χ2v) is 6.02. The van der Waals surface area contributed by atoms with E-state index in [1.807, 2.05) is 30.6 Å². The second-order valence-electron chi connectivity index (χ2n) is 6.02. The molecule has 7 nitrogen and oxygen atoms in total. The number of ether oxygens (including phenoxy) is 2. The number of rotatable bonds is 5. The molecule has 4 rings (SSSR count). The molecule has 1 aliphatic heterocycles. The largest absolute Gasteiger partial charge is 0.486 e. The Kier molecular flexibility index (Phi) is 4.59. The number of nitrogens with zero attached hydrogens (tertiary/aromatic N) is 2. The van der Waals surface area contributed by atoms with Gasteiger partial charge in [0, 0.05) is 24.8 Å². The van der Waals surface area contributed by atoms with Crippen LogP contribution in [0.4, 0.5) is 10.5 Å². The Morgan fingerprint density at radius 1 is 1.12 bits per heavy atom. The van der Waals surface area contributed by atoms with Gasteiger partial charge in [-0.25, -0.2) is 9.78 Å². The summed E-state index contributed by atoms with van der Waals surface area (Å²) in [4.78, 5) is 16.4. The van der Waals surface area contributed by atoms with E-state index < -0.39 is 0 Å². The van der Waals surface area contributed by atoms with Gasteiger partial charge < -0.3 is 24.7 Å². The first kappa shape index (κ1) is 16.3. The first-order valence-corrected chi connectivity index (χ1v) is 8.64. The van der Waals surface area contributed by atoms with Crippen LogP contribution in [0.2, 0.25) is 0 Å². The van der Waals surface area contributed by atoms with Gasteiger partial charge in [0.15, 0.2) is 11.5 Å². The summed E-state index contributed by atoms with van der Waals surface area (Å²) in [6, 6.07) is 13.1. The van der Waals surface area contributed by atoms with Gasteiger partial charge in [-0.15, -0.1) is 0 Å². The molecule has 0 fully saturated rings. The summed E-state index contributed by atoms with van der Waals surface area (Å²) in [5.41, 5.74) is 2.76. The van der Waals surface area contributed by atoms with Gasteiger partial charge >= 0.3 is 6.03 Å². The molecular formula is C19H20N4O3. The highest BCUT2D eigenvalue weighted by Crippen LogP contribution is 2.32. The lowest BCUT2D eigenvalue weighted by atomic mass is 10.2. The van der Waals surface area contributed by atoms with Crippen LogP contribution in [0.3, 0.4) is 0 Å². The molecule has 7 heteroatoms. The van der Waals surface area contributed by atoms with Crippen molar-refractivity contribution in [2.24, 2.45) is 0 Å². The lowest BCUT2D eigenvalue weighted by Gasteiger charge is -2.19. The van der Waals surface area contributed by atoms with Gasteiger partial charge in [-0.3, -0.25) is 0 Å². The minimum atomic E-state index is -0.239. The topological polar surface area (TPSA) is 77.4 Å². The number of urea groups is 1. The average molecular weight is 352 g/mol. The van der Waals surface area contributed by atoms with Gasteiger partial charge in [0.2, 0.25) is 0 Å². The molecule has 2 amide bonds. The van der Waals surface area contributed by atoms with Crippen molar-refractivity contribution >= 4 is 22.8 Å². The number of nitrogens with one attached hydrogen (secondary N) is 2. The Balaban J connectivity index is 1.25.